The number of hydrogen-bond donors (Lipinski definition) is 2. The number of furan rings is 1. The van der Waals surface area contributed by atoms with Crippen LogP contribution in [0.5, 0.6) is 0 Å². The molecule has 0 bridgehead atoms. The quantitative estimate of drug-likeness (QED) is 0.782. The summed E-state index contributed by atoms with van der Waals surface area (Å²) in [7, 11) is 0. The average Bonchev–Trinajstić information content (AvgIpc) is 2.97. The number of imidazole rings is 1. The van der Waals surface area contributed by atoms with Crippen molar-refractivity contribution in [1.82, 2.24) is 14.9 Å². The fourth-order valence-electron chi connectivity index (χ4n) is 1.41. The van der Waals surface area contributed by atoms with Crippen LogP contribution in [0.3, 0.4) is 0 Å². The van der Waals surface area contributed by atoms with E-state index in [0.717, 1.165) is 5.56 Å². The predicted molar refractivity (Wildman–Crippen MR) is 61.2 cm³/mol. The van der Waals surface area contributed by atoms with Gasteiger partial charge in [-0.15, -0.1) is 0 Å². The summed E-state index contributed by atoms with van der Waals surface area (Å²) in [6.45, 7) is 1.60. The highest BCUT2D eigenvalue weighted by Gasteiger charge is 2.08. The number of carbonyl (C=O) groups is 1. The summed E-state index contributed by atoms with van der Waals surface area (Å²) >= 11 is 0. The molecule has 17 heavy (non-hydrogen) atoms. The Morgan fingerprint density at radius 3 is 3.18 bits per heavy atom. The van der Waals surface area contributed by atoms with Gasteiger partial charge in [0.25, 0.3) is 5.91 Å². The molecule has 0 spiro atoms. The summed E-state index contributed by atoms with van der Waals surface area (Å²) in [6, 6.07) is 1.80. The molecule has 0 aliphatic heterocycles. The zero-order chi connectivity index (χ0) is 12.1. The second-order valence-corrected chi connectivity index (χ2v) is 3.60. The Hall–Kier alpha value is -2.08. The molecule has 0 aromatic carbocycles. The van der Waals surface area contributed by atoms with Crippen molar-refractivity contribution in [3.63, 3.8) is 0 Å². The van der Waals surface area contributed by atoms with E-state index >= 15 is 0 Å². The van der Waals surface area contributed by atoms with Gasteiger partial charge in [0.15, 0.2) is 0 Å². The van der Waals surface area contributed by atoms with Gasteiger partial charge in [-0.25, -0.2) is 4.98 Å². The van der Waals surface area contributed by atoms with Crippen molar-refractivity contribution in [3.05, 3.63) is 42.4 Å². The van der Waals surface area contributed by atoms with Crippen molar-refractivity contribution in [2.45, 2.75) is 13.1 Å². The second kappa shape index (κ2) is 5.31. The molecule has 6 nitrogen and oxygen atoms in total. The lowest BCUT2D eigenvalue weighted by Gasteiger charge is -2.00. The molecule has 0 fully saturated rings. The van der Waals surface area contributed by atoms with Crippen LogP contribution in [0.15, 0.2) is 35.5 Å². The van der Waals surface area contributed by atoms with E-state index in [0.29, 0.717) is 25.3 Å². The fourth-order valence-corrected chi connectivity index (χ4v) is 1.41. The third-order valence-electron chi connectivity index (χ3n) is 2.29. The number of nitrogens with zero attached hydrogens (tertiary/aromatic N) is 2. The number of nitrogens with one attached hydrogen (secondary N) is 1. The Labute approximate surface area is 98.4 Å². The summed E-state index contributed by atoms with van der Waals surface area (Å²) in [5.74, 6) is -0.207. The maximum absolute atomic E-state index is 11.7. The molecule has 0 saturated heterocycles. The molecule has 0 unspecified atom stereocenters. The zero-order valence-corrected chi connectivity index (χ0v) is 9.30. The van der Waals surface area contributed by atoms with E-state index in [4.69, 9.17) is 10.2 Å². The molecule has 90 valence electrons. The van der Waals surface area contributed by atoms with Crippen molar-refractivity contribution in [3.8, 4) is 0 Å². The Morgan fingerprint density at radius 2 is 2.47 bits per heavy atom. The molecular weight excluding hydrogens is 220 g/mol. The van der Waals surface area contributed by atoms with Gasteiger partial charge in [-0.2, -0.15) is 0 Å². The number of rotatable bonds is 5. The first-order valence-electron chi connectivity index (χ1n) is 5.30. The summed E-state index contributed by atoms with van der Waals surface area (Å²) in [5.41, 5.74) is 6.72. The third-order valence-corrected chi connectivity index (χ3v) is 2.29. The highest BCUT2D eigenvalue weighted by molar-refractivity contribution is 5.91. The second-order valence-electron chi connectivity index (χ2n) is 3.60. The minimum Gasteiger partial charge on any atom is -0.472 e. The van der Waals surface area contributed by atoms with Gasteiger partial charge in [0.2, 0.25) is 0 Å². The van der Waals surface area contributed by atoms with Crippen molar-refractivity contribution in [2.24, 2.45) is 5.73 Å². The molecule has 1 amide bonds. The smallest absolute Gasteiger partial charge is 0.271 e. The normalized spacial score (nSPS) is 10.4. The summed E-state index contributed by atoms with van der Waals surface area (Å²) in [5, 5.41) is 2.75. The minimum atomic E-state index is -0.207. The van der Waals surface area contributed by atoms with E-state index in [9.17, 15) is 4.79 Å². The summed E-state index contributed by atoms with van der Waals surface area (Å²) in [6.07, 6.45) is 6.43. The maximum Gasteiger partial charge on any atom is 0.271 e. The average molecular weight is 234 g/mol. The van der Waals surface area contributed by atoms with Crippen molar-refractivity contribution >= 4 is 5.91 Å². The van der Waals surface area contributed by atoms with Crippen LogP contribution in [-0.4, -0.2) is 22.0 Å². The molecule has 0 atom stereocenters. The van der Waals surface area contributed by atoms with E-state index in [-0.39, 0.29) is 5.91 Å². The van der Waals surface area contributed by atoms with E-state index in [1.54, 1.807) is 35.7 Å². The Morgan fingerprint density at radius 1 is 1.59 bits per heavy atom. The first-order chi connectivity index (χ1) is 8.29. The Bertz CT molecular complexity index is 475. The van der Waals surface area contributed by atoms with Crippen LogP contribution in [0, 0.1) is 0 Å². The number of nitrogens with two attached hydrogens (primary N) is 1. The molecule has 0 aliphatic carbocycles. The lowest BCUT2D eigenvalue weighted by molar-refractivity contribution is 0.0946. The van der Waals surface area contributed by atoms with E-state index in [2.05, 4.69) is 10.3 Å². The lowest BCUT2D eigenvalue weighted by Crippen LogP contribution is -2.22. The largest absolute Gasteiger partial charge is 0.472 e. The summed E-state index contributed by atoms with van der Waals surface area (Å²) < 4.78 is 6.69. The van der Waals surface area contributed by atoms with Gasteiger partial charge >= 0.3 is 0 Å². The van der Waals surface area contributed by atoms with Crippen LogP contribution in [-0.2, 0) is 13.1 Å². The molecule has 0 saturated carbocycles. The zero-order valence-electron chi connectivity index (χ0n) is 9.30. The minimum absolute atomic E-state index is 0.207. The van der Waals surface area contributed by atoms with Crippen molar-refractivity contribution < 1.29 is 9.21 Å². The highest BCUT2D eigenvalue weighted by Crippen LogP contribution is 2.00. The van der Waals surface area contributed by atoms with Crippen LogP contribution in [0.1, 0.15) is 16.1 Å². The van der Waals surface area contributed by atoms with E-state index in [1.807, 2.05) is 0 Å². The van der Waals surface area contributed by atoms with Crippen LogP contribution in [0.2, 0.25) is 0 Å². The van der Waals surface area contributed by atoms with Crippen LogP contribution in [0.4, 0.5) is 0 Å². The van der Waals surface area contributed by atoms with E-state index in [1.165, 1.54) is 0 Å². The molecule has 2 aromatic rings. The molecule has 0 aliphatic rings. The lowest BCUT2D eigenvalue weighted by atomic mass is 10.3. The Balaban J connectivity index is 1.90. The van der Waals surface area contributed by atoms with Gasteiger partial charge in [0.1, 0.15) is 5.69 Å². The van der Waals surface area contributed by atoms with Gasteiger partial charge in [-0.1, -0.05) is 0 Å². The third kappa shape index (κ3) is 2.94. The number of aromatic nitrogens is 2. The molecule has 2 aromatic heterocycles. The fraction of sp³-hybridized carbons (Fsp3) is 0.273. The highest BCUT2D eigenvalue weighted by atomic mass is 16.3. The molecule has 2 heterocycles. The molecule has 0 radical (unpaired) electrons. The number of hydrogen-bond acceptors (Lipinski definition) is 4. The van der Waals surface area contributed by atoms with Crippen LogP contribution in [0.25, 0.3) is 0 Å². The molecule has 3 N–H and O–H groups in total. The Kier molecular flexibility index (Phi) is 3.56. The molecule has 6 heteroatoms. The standard InChI is InChI=1S/C11H14N4O2/c12-2-3-15-6-10(14-8-15)11(16)13-5-9-1-4-17-7-9/h1,4,6-8H,2-3,5,12H2,(H,13,16). The van der Waals surface area contributed by atoms with Gasteiger partial charge in [0, 0.05) is 31.4 Å². The van der Waals surface area contributed by atoms with Crippen molar-refractivity contribution in [2.75, 3.05) is 6.54 Å². The molecular formula is C11H14N4O2. The van der Waals surface area contributed by atoms with Gasteiger partial charge in [-0.3, -0.25) is 4.79 Å². The molecule has 2 rings (SSSR count). The SMILES string of the molecule is NCCn1cnc(C(=O)NCc2ccoc2)c1. The first kappa shape index (κ1) is 11.4. The number of carbonyl (C=O) groups excluding carboxylic acids is 1. The van der Waals surface area contributed by atoms with Gasteiger partial charge < -0.3 is 20.0 Å². The first-order valence-corrected chi connectivity index (χ1v) is 5.30. The van der Waals surface area contributed by atoms with Gasteiger partial charge in [-0.05, 0) is 6.07 Å². The topological polar surface area (TPSA) is 86.1 Å². The van der Waals surface area contributed by atoms with Gasteiger partial charge in [0.05, 0.1) is 18.9 Å². The predicted octanol–water partition coefficient (Wildman–Crippen LogP) is 0.365. The van der Waals surface area contributed by atoms with E-state index < -0.39 is 0 Å². The van der Waals surface area contributed by atoms with Crippen LogP contribution < -0.4 is 11.1 Å². The number of amides is 1. The maximum atomic E-state index is 11.7. The monoisotopic (exact) mass is 234 g/mol. The summed E-state index contributed by atoms with van der Waals surface area (Å²) in [4.78, 5) is 15.7. The van der Waals surface area contributed by atoms with Crippen molar-refractivity contribution in [1.29, 1.82) is 0 Å². The van der Waals surface area contributed by atoms with Crippen LogP contribution >= 0.6 is 0 Å².